The molecule has 0 saturated carbocycles. The molecule has 2 amide bonds. The highest BCUT2D eigenvalue weighted by atomic mass is 19.4. The number of carbonyl (C=O) groups excluding carboxylic acids is 2. The Hall–Kier alpha value is -2.98. The van der Waals surface area contributed by atoms with Gasteiger partial charge in [0.25, 0.3) is 11.8 Å². The molecule has 7 nitrogen and oxygen atoms in total. The van der Waals surface area contributed by atoms with Crippen molar-refractivity contribution in [2.24, 2.45) is 0 Å². The molecule has 0 spiro atoms. The maximum absolute atomic E-state index is 12.3. The van der Waals surface area contributed by atoms with Gasteiger partial charge in [-0.2, -0.15) is 13.2 Å². The van der Waals surface area contributed by atoms with Crippen molar-refractivity contribution < 1.29 is 27.2 Å². The average Bonchev–Trinajstić information content (AvgIpc) is 3.13. The Morgan fingerprint density at radius 2 is 1.73 bits per heavy atom. The zero-order chi connectivity index (χ0) is 22.1. The fourth-order valence-electron chi connectivity index (χ4n) is 2.71. The summed E-state index contributed by atoms with van der Waals surface area (Å²) in [6.45, 7) is 1.86. The highest BCUT2D eigenvalue weighted by Crippen LogP contribution is 2.18. The van der Waals surface area contributed by atoms with E-state index in [-0.39, 0.29) is 17.8 Å². The topological polar surface area (TPSA) is 88.9 Å². The van der Waals surface area contributed by atoms with Crippen LogP contribution in [0.4, 0.5) is 17.6 Å². The molecule has 1 aromatic carbocycles. The van der Waals surface area contributed by atoms with Gasteiger partial charge in [-0.25, -0.2) is 4.68 Å². The molecule has 0 aliphatic rings. The monoisotopic (exact) mass is 428 g/mol. The Balaban J connectivity index is 2.22. The minimum atomic E-state index is -4.50. The molecule has 2 N–H and O–H groups in total. The Kier molecular flexibility index (Phi) is 8.31. The van der Waals surface area contributed by atoms with E-state index in [0.717, 1.165) is 0 Å². The second-order valence-corrected chi connectivity index (χ2v) is 6.40. The summed E-state index contributed by atoms with van der Waals surface area (Å²) in [5.41, 5.74) is 1.15. The van der Waals surface area contributed by atoms with Crippen molar-refractivity contribution in [2.45, 2.75) is 31.9 Å². The van der Waals surface area contributed by atoms with Crippen LogP contribution in [0.25, 0.3) is 5.69 Å². The number of amides is 2. The smallest absolute Gasteiger partial charge is 0.351 e. The van der Waals surface area contributed by atoms with Gasteiger partial charge in [0.15, 0.2) is 5.69 Å². The lowest BCUT2D eigenvalue weighted by Gasteiger charge is -2.10. The van der Waals surface area contributed by atoms with Gasteiger partial charge in [-0.3, -0.25) is 14.0 Å². The first kappa shape index (κ1) is 23.3. The summed E-state index contributed by atoms with van der Waals surface area (Å²) in [7, 11) is 0. The van der Waals surface area contributed by atoms with Crippen LogP contribution in [0.3, 0.4) is 0 Å². The van der Waals surface area contributed by atoms with Crippen LogP contribution >= 0.6 is 0 Å². The number of halogens is 4. The number of hydrogen-bond donors (Lipinski definition) is 2. The molecular formula is C19H22F4N5O2. The first-order valence-electron chi connectivity index (χ1n) is 9.30. The average molecular weight is 428 g/mol. The molecule has 2 rings (SSSR count). The summed E-state index contributed by atoms with van der Waals surface area (Å²) in [6, 6.07) is 5.69. The van der Waals surface area contributed by atoms with Crippen molar-refractivity contribution in [3.05, 3.63) is 48.1 Å². The van der Waals surface area contributed by atoms with Crippen molar-refractivity contribution in [3.8, 4) is 5.69 Å². The van der Waals surface area contributed by atoms with Crippen molar-refractivity contribution in [2.75, 3.05) is 19.8 Å². The fraction of sp³-hybridized carbons (Fsp3) is 0.421. The Morgan fingerprint density at radius 3 is 2.33 bits per heavy atom. The molecule has 0 unspecified atom stereocenters. The van der Waals surface area contributed by atoms with Crippen LogP contribution in [0.2, 0.25) is 0 Å². The number of benzene rings is 1. The van der Waals surface area contributed by atoms with Crippen molar-refractivity contribution in [3.63, 3.8) is 0 Å². The summed E-state index contributed by atoms with van der Waals surface area (Å²) >= 11 is 0. The maximum Gasteiger partial charge on any atom is 0.405 e. The molecule has 0 fully saturated rings. The quantitative estimate of drug-likeness (QED) is 0.450. The Bertz CT molecular complexity index is 850. The summed E-state index contributed by atoms with van der Waals surface area (Å²) in [4.78, 5) is 24.1. The molecule has 1 aromatic heterocycles. The third kappa shape index (κ3) is 6.53. The lowest BCUT2D eigenvalue weighted by atomic mass is 10.1. The van der Waals surface area contributed by atoms with Crippen molar-refractivity contribution in [1.29, 1.82) is 0 Å². The van der Waals surface area contributed by atoms with Crippen LogP contribution in [-0.2, 0) is 6.42 Å². The standard InChI is InChI=1S/C19H22F4N5O2/c1-2-24-18(30)16-15(6-4-3-5-11-20)28(27-26-16)14-9-7-13(8-10-14)17(29)25-12-19(21,22)23/h7-10H,1-6,11-12H2,(H,24,30)(H,25,29). The van der Waals surface area contributed by atoms with E-state index in [0.29, 0.717) is 37.1 Å². The fourth-order valence-corrected chi connectivity index (χ4v) is 2.71. The first-order valence-corrected chi connectivity index (χ1v) is 9.30. The van der Waals surface area contributed by atoms with Crippen molar-refractivity contribution >= 4 is 11.8 Å². The largest absolute Gasteiger partial charge is 0.405 e. The molecule has 30 heavy (non-hydrogen) atoms. The van der Waals surface area contributed by atoms with Crippen LogP contribution in [0, 0.1) is 6.92 Å². The van der Waals surface area contributed by atoms with E-state index in [4.69, 9.17) is 0 Å². The minimum absolute atomic E-state index is 0.0441. The normalized spacial score (nSPS) is 11.4. The highest BCUT2D eigenvalue weighted by molar-refractivity contribution is 5.94. The molecule has 1 heterocycles. The van der Waals surface area contributed by atoms with E-state index in [1.807, 2.05) is 0 Å². The van der Waals surface area contributed by atoms with Gasteiger partial charge in [-0.15, -0.1) is 5.10 Å². The molecule has 163 valence electrons. The van der Waals surface area contributed by atoms with Crippen LogP contribution < -0.4 is 10.6 Å². The number of nitrogens with zero attached hydrogens (tertiary/aromatic N) is 3. The lowest BCUT2D eigenvalue weighted by molar-refractivity contribution is -0.123. The molecule has 2 aromatic rings. The van der Waals surface area contributed by atoms with Gasteiger partial charge in [-0.05, 0) is 50.5 Å². The maximum atomic E-state index is 12.3. The van der Waals surface area contributed by atoms with Gasteiger partial charge < -0.3 is 10.6 Å². The molecular weight excluding hydrogens is 406 g/mol. The lowest BCUT2D eigenvalue weighted by Crippen LogP contribution is -2.33. The van der Waals surface area contributed by atoms with Gasteiger partial charge in [-0.1, -0.05) is 11.6 Å². The van der Waals surface area contributed by atoms with E-state index in [1.54, 1.807) is 5.32 Å². The summed E-state index contributed by atoms with van der Waals surface area (Å²) in [5, 5.41) is 12.3. The van der Waals surface area contributed by atoms with Gasteiger partial charge >= 0.3 is 6.18 Å². The first-order chi connectivity index (χ1) is 14.3. The SMILES string of the molecule is [CH2]CNC(=O)c1nnn(-c2ccc(C(=O)NCC(F)(F)F)cc2)c1CCCCCF. The number of rotatable bonds is 10. The van der Waals surface area contributed by atoms with Gasteiger partial charge in [0, 0.05) is 12.1 Å². The molecule has 1 radical (unpaired) electrons. The summed E-state index contributed by atoms with van der Waals surface area (Å²) in [5.74, 6) is -1.31. The van der Waals surface area contributed by atoms with Crippen LogP contribution in [0.5, 0.6) is 0 Å². The van der Waals surface area contributed by atoms with Gasteiger partial charge in [0.1, 0.15) is 6.54 Å². The summed E-state index contributed by atoms with van der Waals surface area (Å²) in [6.07, 6.45) is -2.45. The van der Waals surface area contributed by atoms with E-state index < -0.39 is 31.2 Å². The third-order valence-corrected chi connectivity index (χ3v) is 4.13. The molecule has 0 aliphatic heterocycles. The summed E-state index contributed by atoms with van der Waals surface area (Å²) < 4.78 is 50.5. The number of carbonyl (C=O) groups is 2. The number of nitrogens with one attached hydrogen (secondary N) is 2. The van der Waals surface area contributed by atoms with Crippen LogP contribution in [0.1, 0.15) is 45.8 Å². The number of unbranched alkanes of at least 4 members (excludes halogenated alkanes) is 2. The Morgan fingerprint density at radius 1 is 1.03 bits per heavy atom. The number of hydrogen-bond acceptors (Lipinski definition) is 4. The predicted octanol–water partition coefficient (Wildman–Crippen LogP) is 2.81. The van der Waals surface area contributed by atoms with E-state index in [1.165, 1.54) is 28.9 Å². The molecule has 11 heteroatoms. The van der Waals surface area contributed by atoms with Gasteiger partial charge in [0.2, 0.25) is 0 Å². The highest BCUT2D eigenvalue weighted by Gasteiger charge is 2.28. The van der Waals surface area contributed by atoms with E-state index in [9.17, 15) is 27.2 Å². The third-order valence-electron chi connectivity index (χ3n) is 4.13. The van der Waals surface area contributed by atoms with E-state index >= 15 is 0 Å². The predicted molar refractivity (Wildman–Crippen MR) is 101 cm³/mol. The second-order valence-electron chi connectivity index (χ2n) is 6.40. The number of alkyl halides is 4. The zero-order valence-electron chi connectivity index (χ0n) is 16.1. The van der Waals surface area contributed by atoms with Crippen LogP contribution in [-0.4, -0.2) is 52.7 Å². The second kappa shape index (κ2) is 10.7. The Labute approximate surface area is 170 Å². The van der Waals surface area contributed by atoms with Crippen molar-refractivity contribution in [1.82, 2.24) is 25.6 Å². The zero-order valence-corrected chi connectivity index (χ0v) is 16.1. The van der Waals surface area contributed by atoms with E-state index in [2.05, 4.69) is 22.6 Å². The molecule has 0 atom stereocenters. The van der Waals surface area contributed by atoms with Crippen LogP contribution in [0.15, 0.2) is 24.3 Å². The van der Waals surface area contributed by atoms with Gasteiger partial charge in [0.05, 0.1) is 18.1 Å². The molecule has 0 aliphatic carbocycles. The number of aromatic nitrogens is 3. The molecule has 0 saturated heterocycles. The molecule has 0 bridgehead atoms. The minimum Gasteiger partial charge on any atom is -0.351 e.